The Kier molecular flexibility index (Phi) is 5.38. The van der Waals surface area contributed by atoms with Gasteiger partial charge in [-0.05, 0) is 52.4 Å². The van der Waals surface area contributed by atoms with Crippen molar-refractivity contribution in [1.29, 1.82) is 0 Å². The highest BCUT2D eigenvalue weighted by Crippen LogP contribution is 2.34. The van der Waals surface area contributed by atoms with Crippen LogP contribution in [0.4, 0.5) is 18.9 Å². The van der Waals surface area contributed by atoms with Crippen LogP contribution in [0.15, 0.2) is 53.0 Å². The van der Waals surface area contributed by atoms with Gasteiger partial charge in [0.2, 0.25) is 0 Å². The standard InChI is InChI=1S/C15H10BrF3N2OS/c16-11-7-3-1-5-9(11)13(22)21-14(23)20-12-8-4-2-6-10(12)15(17,18)19/h1-8H,(H2,20,21,22,23). The van der Waals surface area contributed by atoms with Crippen LogP contribution in [0.3, 0.4) is 0 Å². The molecular formula is C15H10BrF3N2OS. The number of para-hydroxylation sites is 1. The van der Waals surface area contributed by atoms with Crippen LogP contribution < -0.4 is 10.6 Å². The maximum atomic E-state index is 12.9. The average Bonchev–Trinajstić information content (AvgIpc) is 2.46. The predicted molar refractivity (Wildman–Crippen MR) is 89.3 cm³/mol. The van der Waals surface area contributed by atoms with Gasteiger partial charge in [0, 0.05) is 4.47 Å². The van der Waals surface area contributed by atoms with Crippen LogP contribution in [0.5, 0.6) is 0 Å². The van der Waals surface area contributed by atoms with Crippen LogP contribution in [0.1, 0.15) is 15.9 Å². The Morgan fingerprint density at radius 1 is 1.04 bits per heavy atom. The van der Waals surface area contributed by atoms with E-state index in [0.29, 0.717) is 10.0 Å². The van der Waals surface area contributed by atoms with Gasteiger partial charge in [0.1, 0.15) is 0 Å². The highest BCUT2D eigenvalue weighted by molar-refractivity contribution is 9.10. The summed E-state index contributed by atoms with van der Waals surface area (Å²) in [5.74, 6) is -0.528. The third kappa shape index (κ3) is 4.52. The first kappa shape index (κ1) is 17.4. The zero-order valence-electron chi connectivity index (χ0n) is 11.4. The second-order valence-electron chi connectivity index (χ2n) is 4.43. The fourth-order valence-electron chi connectivity index (χ4n) is 1.81. The van der Waals surface area contributed by atoms with E-state index in [2.05, 4.69) is 26.6 Å². The molecule has 2 rings (SSSR count). The van der Waals surface area contributed by atoms with E-state index in [-0.39, 0.29) is 10.8 Å². The summed E-state index contributed by atoms with van der Waals surface area (Å²) in [6.07, 6.45) is -4.52. The van der Waals surface area contributed by atoms with Gasteiger partial charge in [-0.1, -0.05) is 24.3 Å². The van der Waals surface area contributed by atoms with Crippen LogP contribution in [0.25, 0.3) is 0 Å². The molecule has 0 saturated heterocycles. The number of halogens is 4. The SMILES string of the molecule is O=C(NC(=S)Nc1ccccc1C(F)(F)F)c1ccccc1Br. The molecule has 2 N–H and O–H groups in total. The van der Waals surface area contributed by atoms with Crippen molar-refractivity contribution >= 4 is 44.9 Å². The van der Waals surface area contributed by atoms with E-state index >= 15 is 0 Å². The first-order valence-corrected chi connectivity index (χ1v) is 7.52. The second kappa shape index (κ2) is 7.10. The molecule has 0 aromatic heterocycles. The molecule has 23 heavy (non-hydrogen) atoms. The number of benzene rings is 2. The van der Waals surface area contributed by atoms with E-state index in [1.165, 1.54) is 18.2 Å². The number of hydrogen-bond acceptors (Lipinski definition) is 2. The van der Waals surface area contributed by atoms with Crippen molar-refractivity contribution in [2.24, 2.45) is 0 Å². The van der Waals surface area contributed by atoms with Crippen molar-refractivity contribution in [3.05, 3.63) is 64.1 Å². The van der Waals surface area contributed by atoms with Gasteiger partial charge in [-0.3, -0.25) is 10.1 Å². The minimum absolute atomic E-state index is 0.220. The monoisotopic (exact) mass is 402 g/mol. The molecule has 0 radical (unpaired) electrons. The minimum Gasteiger partial charge on any atom is -0.332 e. The molecule has 3 nitrogen and oxygen atoms in total. The molecule has 2 aromatic carbocycles. The Morgan fingerprint density at radius 2 is 1.65 bits per heavy atom. The highest BCUT2D eigenvalue weighted by Gasteiger charge is 2.33. The third-order valence-corrected chi connectivity index (χ3v) is 3.72. The van der Waals surface area contributed by atoms with E-state index in [0.717, 1.165) is 6.07 Å². The Hall–Kier alpha value is -1.93. The van der Waals surface area contributed by atoms with Crippen molar-refractivity contribution < 1.29 is 18.0 Å². The molecule has 1 amide bonds. The number of amides is 1. The van der Waals surface area contributed by atoms with Crippen molar-refractivity contribution in [3.8, 4) is 0 Å². The van der Waals surface area contributed by atoms with Crippen LogP contribution in [-0.4, -0.2) is 11.0 Å². The molecule has 0 unspecified atom stereocenters. The van der Waals surface area contributed by atoms with Gasteiger partial charge >= 0.3 is 6.18 Å². The van der Waals surface area contributed by atoms with Gasteiger partial charge in [-0.25, -0.2) is 0 Å². The Bertz CT molecular complexity index is 749. The van der Waals surface area contributed by atoms with Crippen LogP contribution in [-0.2, 0) is 6.18 Å². The van der Waals surface area contributed by atoms with Crippen molar-refractivity contribution in [2.75, 3.05) is 5.32 Å². The lowest BCUT2D eigenvalue weighted by Gasteiger charge is -2.15. The van der Waals surface area contributed by atoms with Gasteiger partial charge in [-0.15, -0.1) is 0 Å². The molecule has 0 aliphatic carbocycles. The number of alkyl halides is 3. The maximum Gasteiger partial charge on any atom is 0.418 e. The molecule has 0 atom stereocenters. The van der Waals surface area contributed by atoms with E-state index in [1.807, 2.05) is 0 Å². The number of anilines is 1. The lowest BCUT2D eigenvalue weighted by molar-refractivity contribution is -0.136. The van der Waals surface area contributed by atoms with E-state index < -0.39 is 17.6 Å². The summed E-state index contributed by atoms with van der Waals surface area (Å²) in [5.41, 5.74) is -0.768. The molecule has 120 valence electrons. The normalized spacial score (nSPS) is 11.0. The van der Waals surface area contributed by atoms with Crippen LogP contribution >= 0.6 is 28.1 Å². The first-order valence-electron chi connectivity index (χ1n) is 6.32. The maximum absolute atomic E-state index is 12.9. The number of rotatable bonds is 2. The minimum atomic E-state index is -4.52. The summed E-state index contributed by atoms with van der Waals surface area (Å²) >= 11 is 8.13. The van der Waals surface area contributed by atoms with Gasteiger partial charge in [-0.2, -0.15) is 13.2 Å². The van der Waals surface area contributed by atoms with Gasteiger partial charge < -0.3 is 5.32 Å². The van der Waals surface area contributed by atoms with Crippen molar-refractivity contribution in [1.82, 2.24) is 5.32 Å². The van der Waals surface area contributed by atoms with Crippen molar-refractivity contribution in [3.63, 3.8) is 0 Å². The molecule has 0 fully saturated rings. The zero-order chi connectivity index (χ0) is 17.0. The topological polar surface area (TPSA) is 41.1 Å². The highest BCUT2D eigenvalue weighted by atomic mass is 79.9. The molecule has 0 aliphatic heterocycles. The summed E-state index contributed by atoms with van der Waals surface area (Å²) in [5, 5.41) is 4.53. The molecule has 0 aliphatic rings. The average molecular weight is 403 g/mol. The Morgan fingerprint density at radius 3 is 2.30 bits per heavy atom. The third-order valence-electron chi connectivity index (χ3n) is 2.83. The largest absolute Gasteiger partial charge is 0.418 e. The smallest absolute Gasteiger partial charge is 0.332 e. The Labute approximate surface area is 144 Å². The van der Waals surface area contributed by atoms with Crippen LogP contribution in [0.2, 0.25) is 0 Å². The molecule has 0 bridgehead atoms. The van der Waals surface area contributed by atoms with Gasteiger partial charge in [0.25, 0.3) is 5.91 Å². The second-order valence-corrected chi connectivity index (χ2v) is 5.69. The summed E-state index contributed by atoms with van der Waals surface area (Å²) < 4.78 is 39.3. The summed E-state index contributed by atoms with van der Waals surface area (Å²) in [6, 6.07) is 11.5. The molecule has 2 aromatic rings. The quantitative estimate of drug-likeness (QED) is 0.721. The Balaban J connectivity index is 2.12. The van der Waals surface area contributed by atoms with E-state index in [4.69, 9.17) is 12.2 Å². The summed E-state index contributed by atoms with van der Waals surface area (Å²) in [6.45, 7) is 0. The van der Waals surface area contributed by atoms with Crippen molar-refractivity contribution in [2.45, 2.75) is 6.18 Å². The molecular weight excluding hydrogens is 393 g/mol. The zero-order valence-corrected chi connectivity index (χ0v) is 13.8. The number of carbonyl (C=O) groups excluding carboxylic acids is 1. The first-order chi connectivity index (χ1) is 10.8. The predicted octanol–water partition coefficient (Wildman–Crippen LogP) is 4.59. The molecule has 0 saturated carbocycles. The number of carbonyl (C=O) groups is 1. The lowest BCUT2D eigenvalue weighted by atomic mass is 10.1. The fraction of sp³-hybridized carbons (Fsp3) is 0.0667. The van der Waals surface area contributed by atoms with E-state index in [9.17, 15) is 18.0 Å². The molecule has 0 spiro atoms. The van der Waals surface area contributed by atoms with E-state index in [1.54, 1.807) is 24.3 Å². The van der Waals surface area contributed by atoms with Gasteiger partial charge in [0.15, 0.2) is 5.11 Å². The summed E-state index contributed by atoms with van der Waals surface area (Å²) in [4.78, 5) is 12.1. The molecule has 8 heteroatoms. The number of hydrogen-bond donors (Lipinski definition) is 2. The number of nitrogens with one attached hydrogen (secondary N) is 2. The lowest BCUT2D eigenvalue weighted by Crippen LogP contribution is -2.34. The van der Waals surface area contributed by atoms with Gasteiger partial charge in [0.05, 0.1) is 16.8 Å². The number of thiocarbonyl (C=S) groups is 1. The molecule has 0 heterocycles. The summed E-state index contributed by atoms with van der Waals surface area (Å²) in [7, 11) is 0. The fourth-order valence-corrected chi connectivity index (χ4v) is 2.48. The van der Waals surface area contributed by atoms with Crippen LogP contribution in [0, 0.1) is 0 Å².